The molecule has 0 bridgehead atoms. The Morgan fingerprint density at radius 1 is 1.34 bits per heavy atom. The van der Waals surface area contributed by atoms with Crippen LogP contribution >= 0.6 is 0 Å². The standard InChI is InChI=1S/C21H30N6O5/c1-5-6-10-26-18(22)17(19(28)24-21(26)30)25(11-9-13(2)3)20(29)15-12-14(27(31)32)7-8-16(15)23-4/h7-8,12-13,23H,5-6,9-11,22H2,1-4H3,(H,24,28,30). The molecule has 11 heteroatoms. The van der Waals surface area contributed by atoms with Crippen LogP contribution in [0.4, 0.5) is 22.9 Å². The molecule has 1 amide bonds. The molecule has 0 aliphatic rings. The minimum Gasteiger partial charge on any atom is -0.387 e. The molecule has 0 radical (unpaired) electrons. The Labute approximate surface area is 185 Å². The summed E-state index contributed by atoms with van der Waals surface area (Å²) in [6.07, 6.45) is 2.00. The maximum absolute atomic E-state index is 13.6. The number of nitro groups is 1. The van der Waals surface area contributed by atoms with Crippen molar-refractivity contribution < 1.29 is 9.72 Å². The monoisotopic (exact) mass is 446 g/mol. The van der Waals surface area contributed by atoms with Gasteiger partial charge in [-0.1, -0.05) is 27.2 Å². The second-order valence-electron chi connectivity index (χ2n) is 7.87. The molecule has 0 unspecified atom stereocenters. The van der Waals surface area contributed by atoms with Gasteiger partial charge < -0.3 is 16.0 Å². The van der Waals surface area contributed by atoms with Crippen LogP contribution in [0.2, 0.25) is 0 Å². The van der Waals surface area contributed by atoms with Crippen LogP contribution in [0, 0.1) is 16.0 Å². The van der Waals surface area contributed by atoms with E-state index in [-0.39, 0.29) is 41.8 Å². The van der Waals surface area contributed by atoms with Crippen LogP contribution in [0.3, 0.4) is 0 Å². The van der Waals surface area contributed by atoms with Gasteiger partial charge in [0.1, 0.15) is 5.82 Å². The van der Waals surface area contributed by atoms with Gasteiger partial charge >= 0.3 is 5.69 Å². The Morgan fingerprint density at radius 2 is 2.03 bits per heavy atom. The van der Waals surface area contributed by atoms with E-state index in [9.17, 15) is 24.5 Å². The minimum absolute atomic E-state index is 0.0237. The van der Waals surface area contributed by atoms with Crippen molar-refractivity contribution in [2.45, 2.75) is 46.6 Å². The van der Waals surface area contributed by atoms with Crippen LogP contribution in [0.1, 0.15) is 50.4 Å². The van der Waals surface area contributed by atoms with Crippen LogP contribution < -0.4 is 27.2 Å². The molecular formula is C21H30N6O5. The van der Waals surface area contributed by atoms with Gasteiger partial charge in [-0.15, -0.1) is 0 Å². The lowest BCUT2D eigenvalue weighted by Gasteiger charge is -2.26. The van der Waals surface area contributed by atoms with Gasteiger partial charge in [0.2, 0.25) is 0 Å². The van der Waals surface area contributed by atoms with Crippen molar-refractivity contribution in [3.05, 3.63) is 54.7 Å². The Bertz CT molecular complexity index is 1100. The third-order valence-corrected chi connectivity index (χ3v) is 5.11. The normalized spacial score (nSPS) is 10.9. The van der Waals surface area contributed by atoms with Gasteiger partial charge in [-0.05, 0) is 24.8 Å². The summed E-state index contributed by atoms with van der Waals surface area (Å²) in [4.78, 5) is 52.8. The number of nitro benzene ring substituents is 1. The number of nitrogens with one attached hydrogen (secondary N) is 2. The topological polar surface area (TPSA) is 156 Å². The number of carbonyl (C=O) groups excluding carboxylic acids is 1. The molecule has 174 valence electrons. The lowest BCUT2D eigenvalue weighted by Crippen LogP contribution is -2.42. The summed E-state index contributed by atoms with van der Waals surface area (Å²) in [6.45, 7) is 6.31. The number of anilines is 3. The van der Waals surface area contributed by atoms with Gasteiger partial charge in [0, 0.05) is 38.0 Å². The summed E-state index contributed by atoms with van der Waals surface area (Å²) in [6, 6.07) is 3.88. The fourth-order valence-electron chi connectivity index (χ4n) is 3.26. The molecular weight excluding hydrogens is 416 g/mol. The van der Waals surface area contributed by atoms with Gasteiger partial charge in [0.05, 0.1) is 10.5 Å². The molecule has 1 aromatic heterocycles. The number of hydrogen-bond acceptors (Lipinski definition) is 7. The zero-order chi connectivity index (χ0) is 24.0. The smallest absolute Gasteiger partial charge is 0.330 e. The molecule has 0 fully saturated rings. The molecule has 2 aromatic rings. The highest BCUT2D eigenvalue weighted by Gasteiger charge is 2.28. The Kier molecular flexibility index (Phi) is 8.16. The van der Waals surface area contributed by atoms with Gasteiger partial charge in [-0.2, -0.15) is 0 Å². The summed E-state index contributed by atoms with van der Waals surface area (Å²) in [7, 11) is 1.59. The van der Waals surface area contributed by atoms with E-state index in [0.717, 1.165) is 12.5 Å². The second-order valence-corrected chi connectivity index (χ2v) is 7.87. The maximum Gasteiger partial charge on any atom is 0.330 e. The van der Waals surface area contributed by atoms with E-state index < -0.39 is 22.1 Å². The number of nitrogens with two attached hydrogens (primary N) is 1. The summed E-state index contributed by atoms with van der Waals surface area (Å²) in [5.74, 6) is -0.539. The molecule has 1 heterocycles. The first kappa shape index (κ1) is 24.6. The van der Waals surface area contributed by atoms with Crippen LogP contribution in [0.5, 0.6) is 0 Å². The Hall–Kier alpha value is -3.63. The molecule has 0 saturated heterocycles. The van der Waals surface area contributed by atoms with Crippen molar-refractivity contribution in [3.63, 3.8) is 0 Å². The van der Waals surface area contributed by atoms with Crippen LogP contribution in [0.25, 0.3) is 0 Å². The van der Waals surface area contributed by atoms with E-state index in [2.05, 4.69) is 10.3 Å². The number of carbonyl (C=O) groups is 1. The molecule has 0 atom stereocenters. The highest BCUT2D eigenvalue weighted by Crippen LogP contribution is 2.27. The first-order valence-electron chi connectivity index (χ1n) is 10.5. The highest BCUT2D eigenvalue weighted by atomic mass is 16.6. The van der Waals surface area contributed by atoms with Crippen molar-refractivity contribution in [3.8, 4) is 0 Å². The average molecular weight is 447 g/mol. The number of H-pyrrole nitrogens is 1. The number of non-ortho nitro benzene ring substituents is 1. The maximum atomic E-state index is 13.6. The molecule has 11 nitrogen and oxygen atoms in total. The van der Waals surface area contributed by atoms with Crippen molar-refractivity contribution in [2.75, 3.05) is 29.5 Å². The van der Waals surface area contributed by atoms with Crippen molar-refractivity contribution in [2.24, 2.45) is 5.92 Å². The van der Waals surface area contributed by atoms with Crippen LogP contribution in [0.15, 0.2) is 27.8 Å². The lowest BCUT2D eigenvalue weighted by atomic mass is 10.1. The fraction of sp³-hybridized carbons (Fsp3) is 0.476. The van der Waals surface area contributed by atoms with E-state index in [1.807, 2.05) is 20.8 Å². The predicted octanol–water partition coefficient (Wildman–Crippen LogP) is 2.56. The fourth-order valence-corrected chi connectivity index (χ4v) is 3.26. The number of nitrogen functional groups attached to an aromatic ring is 1. The summed E-state index contributed by atoms with van der Waals surface area (Å²) >= 11 is 0. The number of rotatable bonds is 10. The first-order chi connectivity index (χ1) is 15.1. The minimum atomic E-state index is -0.784. The lowest BCUT2D eigenvalue weighted by molar-refractivity contribution is -0.384. The first-order valence-corrected chi connectivity index (χ1v) is 10.5. The molecule has 0 aliphatic carbocycles. The van der Waals surface area contributed by atoms with E-state index in [0.29, 0.717) is 18.5 Å². The molecule has 1 aromatic carbocycles. The van der Waals surface area contributed by atoms with E-state index in [1.165, 1.54) is 21.6 Å². The number of aromatic nitrogens is 2. The zero-order valence-electron chi connectivity index (χ0n) is 18.8. The van der Waals surface area contributed by atoms with E-state index >= 15 is 0 Å². The number of aromatic amines is 1. The van der Waals surface area contributed by atoms with Crippen LogP contribution in [-0.4, -0.2) is 34.0 Å². The number of amides is 1. The van der Waals surface area contributed by atoms with Crippen molar-refractivity contribution >= 4 is 28.8 Å². The second kappa shape index (κ2) is 10.6. The zero-order valence-corrected chi connectivity index (χ0v) is 18.8. The molecule has 32 heavy (non-hydrogen) atoms. The molecule has 0 saturated carbocycles. The van der Waals surface area contributed by atoms with Gasteiger partial charge in [-0.3, -0.25) is 29.3 Å². The largest absolute Gasteiger partial charge is 0.387 e. The Morgan fingerprint density at radius 3 is 2.59 bits per heavy atom. The number of unbranched alkanes of at least 4 members (excludes halogenated alkanes) is 1. The Balaban J connectivity index is 2.70. The van der Waals surface area contributed by atoms with E-state index in [4.69, 9.17) is 5.73 Å². The number of hydrogen-bond donors (Lipinski definition) is 3. The van der Waals surface area contributed by atoms with Gasteiger partial charge in [-0.25, -0.2) is 4.79 Å². The number of nitrogens with zero attached hydrogens (tertiary/aromatic N) is 3. The van der Waals surface area contributed by atoms with Gasteiger partial charge in [0.15, 0.2) is 5.69 Å². The third-order valence-electron chi connectivity index (χ3n) is 5.11. The van der Waals surface area contributed by atoms with Crippen LogP contribution in [-0.2, 0) is 6.54 Å². The predicted molar refractivity (Wildman–Crippen MR) is 124 cm³/mol. The molecule has 0 aliphatic heterocycles. The van der Waals surface area contributed by atoms with Crippen molar-refractivity contribution in [1.29, 1.82) is 0 Å². The summed E-state index contributed by atoms with van der Waals surface area (Å²) in [5.41, 5.74) is 4.78. The quantitative estimate of drug-likeness (QED) is 0.374. The summed E-state index contributed by atoms with van der Waals surface area (Å²) in [5, 5.41) is 14.1. The summed E-state index contributed by atoms with van der Waals surface area (Å²) < 4.78 is 1.24. The molecule has 4 N–H and O–H groups in total. The number of benzene rings is 1. The van der Waals surface area contributed by atoms with Gasteiger partial charge in [0.25, 0.3) is 17.2 Å². The van der Waals surface area contributed by atoms with E-state index in [1.54, 1.807) is 7.05 Å². The SMILES string of the molecule is CCCCn1c(N)c(N(CCC(C)C)C(=O)c2cc([N+](=O)[O-])ccc2NC)c(=O)[nH]c1=O. The third kappa shape index (κ3) is 5.34. The van der Waals surface area contributed by atoms with Crippen molar-refractivity contribution in [1.82, 2.24) is 9.55 Å². The molecule has 0 spiro atoms. The highest BCUT2D eigenvalue weighted by molar-refractivity contribution is 6.10. The molecule has 2 rings (SSSR count). The average Bonchev–Trinajstić information content (AvgIpc) is 2.74.